The molecule has 94 valence electrons. The van der Waals surface area contributed by atoms with E-state index >= 15 is 0 Å². The second-order valence-corrected chi connectivity index (χ2v) is 5.15. The second-order valence-electron chi connectivity index (χ2n) is 4.07. The molecule has 0 aromatic carbocycles. The van der Waals surface area contributed by atoms with Crippen molar-refractivity contribution in [3.05, 3.63) is 15.6 Å². The lowest BCUT2D eigenvalue weighted by Gasteiger charge is -2.26. The number of hydrogen-bond acceptors (Lipinski definition) is 5. The Hall–Kier alpha value is -0.980. The molecule has 0 aliphatic carbocycles. The number of carboxylic acid groups (broad SMARTS) is 1. The molecule has 0 unspecified atom stereocenters. The van der Waals surface area contributed by atoms with E-state index in [2.05, 4.69) is 15.2 Å². The summed E-state index contributed by atoms with van der Waals surface area (Å²) in [6, 6.07) is 0. The molecule has 2 N–H and O–H groups in total. The van der Waals surface area contributed by atoms with Crippen molar-refractivity contribution in [2.24, 2.45) is 0 Å². The van der Waals surface area contributed by atoms with Crippen molar-refractivity contribution < 1.29 is 9.90 Å². The van der Waals surface area contributed by atoms with Gasteiger partial charge in [0.1, 0.15) is 9.88 Å². The first-order chi connectivity index (χ1) is 8.20. The van der Waals surface area contributed by atoms with Gasteiger partial charge in [0.25, 0.3) is 0 Å². The van der Waals surface area contributed by atoms with Crippen LogP contribution in [0.25, 0.3) is 0 Å². The SMILES string of the molecule is CCc1nc(CN2CCNCC2)sc1C(=O)O. The lowest BCUT2D eigenvalue weighted by molar-refractivity contribution is 0.0701. The van der Waals surface area contributed by atoms with Crippen LogP contribution < -0.4 is 5.32 Å². The van der Waals surface area contributed by atoms with Gasteiger partial charge < -0.3 is 10.4 Å². The summed E-state index contributed by atoms with van der Waals surface area (Å²) < 4.78 is 0. The minimum Gasteiger partial charge on any atom is -0.477 e. The summed E-state index contributed by atoms with van der Waals surface area (Å²) in [7, 11) is 0. The topological polar surface area (TPSA) is 65.5 Å². The van der Waals surface area contributed by atoms with Gasteiger partial charge in [-0.25, -0.2) is 9.78 Å². The molecule has 0 radical (unpaired) electrons. The van der Waals surface area contributed by atoms with E-state index in [0.29, 0.717) is 17.0 Å². The molecule has 6 heteroatoms. The van der Waals surface area contributed by atoms with Crippen molar-refractivity contribution in [1.29, 1.82) is 0 Å². The maximum Gasteiger partial charge on any atom is 0.347 e. The Morgan fingerprint density at radius 1 is 1.53 bits per heavy atom. The zero-order chi connectivity index (χ0) is 12.3. The number of thiazole rings is 1. The van der Waals surface area contributed by atoms with Crippen LogP contribution in [0.1, 0.15) is 27.3 Å². The number of aromatic nitrogens is 1. The molecular weight excluding hydrogens is 238 g/mol. The summed E-state index contributed by atoms with van der Waals surface area (Å²) in [5, 5.41) is 13.3. The van der Waals surface area contributed by atoms with E-state index in [4.69, 9.17) is 5.11 Å². The summed E-state index contributed by atoms with van der Waals surface area (Å²) in [5.41, 5.74) is 0.715. The summed E-state index contributed by atoms with van der Waals surface area (Å²) in [6.45, 7) is 6.71. The van der Waals surface area contributed by atoms with E-state index in [1.807, 2.05) is 6.92 Å². The molecule has 1 aliphatic rings. The van der Waals surface area contributed by atoms with Crippen molar-refractivity contribution >= 4 is 17.3 Å². The molecule has 1 saturated heterocycles. The van der Waals surface area contributed by atoms with Crippen LogP contribution in [0.5, 0.6) is 0 Å². The molecule has 1 aromatic rings. The molecule has 2 rings (SSSR count). The standard InChI is InChI=1S/C11H17N3O2S/c1-2-8-10(11(15)16)17-9(13-8)7-14-5-3-12-4-6-14/h12H,2-7H2,1H3,(H,15,16). The van der Waals surface area contributed by atoms with Gasteiger partial charge >= 0.3 is 5.97 Å². The molecule has 1 aromatic heterocycles. The zero-order valence-electron chi connectivity index (χ0n) is 9.90. The van der Waals surface area contributed by atoms with E-state index in [0.717, 1.165) is 37.7 Å². The number of carbonyl (C=O) groups is 1. The molecule has 5 nitrogen and oxygen atoms in total. The number of carboxylic acids is 1. The quantitative estimate of drug-likeness (QED) is 0.833. The molecule has 17 heavy (non-hydrogen) atoms. The fourth-order valence-corrected chi connectivity index (χ4v) is 2.97. The Kier molecular flexibility index (Phi) is 4.09. The smallest absolute Gasteiger partial charge is 0.347 e. The summed E-state index contributed by atoms with van der Waals surface area (Å²) in [5.74, 6) is -0.856. The van der Waals surface area contributed by atoms with E-state index in [1.165, 1.54) is 11.3 Å². The van der Waals surface area contributed by atoms with Crippen molar-refractivity contribution in [2.75, 3.05) is 26.2 Å². The fourth-order valence-electron chi connectivity index (χ4n) is 1.94. The minimum absolute atomic E-state index is 0.401. The molecule has 0 saturated carbocycles. The number of nitrogens with one attached hydrogen (secondary N) is 1. The van der Waals surface area contributed by atoms with E-state index in [-0.39, 0.29) is 0 Å². The first-order valence-corrected chi connectivity index (χ1v) is 6.67. The number of nitrogens with zero attached hydrogens (tertiary/aromatic N) is 2. The van der Waals surface area contributed by atoms with Crippen LogP contribution in [-0.4, -0.2) is 47.1 Å². The van der Waals surface area contributed by atoms with E-state index in [9.17, 15) is 4.79 Å². The molecule has 0 amide bonds. The lowest BCUT2D eigenvalue weighted by atomic mass is 10.3. The third-order valence-corrected chi connectivity index (χ3v) is 3.91. The highest BCUT2D eigenvalue weighted by atomic mass is 32.1. The normalized spacial score (nSPS) is 17.2. The van der Waals surface area contributed by atoms with Gasteiger partial charge in [-0.1, -0.05) is 6.92 Å². The summed E-state index contributed by atoms with van der Waals surface area (Å²) >= 11 is 1.31. The van der Waals surface area contributed by atoms with Gasteiger partial charge in [-0.2, -0.15) is 0 Å². The minimum atomic E-state index is -0.856. The van der Waals surface area contributed by atoms with Crippen molar-refractivity contribution in [3.8, 4) is 0 Å². The number of aromatic carboxylic acids is 1. The Morgan fingerprint density at radius 2 is 2.24 bits per heavy atom. The summed E-state index contributed by atoms with van der Waals surface area (Å²) in [6.07, 6.45) is 0.680. The maximum absolute atomic E-state index is 11.0. The van der Waals surface area contributed by atoms with Crippen LogP contribution in [0.2, 0.25) is 0 Å². The van der Waals surface area contributed by atoms with Crippen LogP contribution in [0.3, 0.4) is 0 Å². The second kappa shape index (κ2) is 5.57. The predicted octanol–water partition coefficient (Wildman–Crippen LogP) is 0.809. The van der Waals surface area contributed by atoms with Gasteiger partial charge in [0.05, 0.1) is 12.2 Å². The molecule has 0 bridgehead atoms. The zero-order valence-corrected chi connectivity index (χ0v) is 10.7. The van der Waals surface area contributed by atoms with E-state index < -0.39 is 5.97 Å². The molecule has 1 aliphatic heterocycles. The van der Waals surface area contributed by atoms with E-state index in [1.54, 1.807) is 0 Å². The highest BCUT2D eigenvalue weighted by molar-refractivity contribution is 7.13. The number of aryl methyl sites for hydroxylation is 1. The van der Waals surface area contributed by atoms with Gasteiger partial charge in [0.15, 0.2) is 0 Å². The Balaban J connectivity index is 2.07. The highest BCUT2D eigenvalue weighted by Gasteiger charge is 2.18. The number of rotatable bonds is 4. The lowest BCUT2D eigenvalue weighted by Crippen LogP contribution is -2.42. The first kappa shape index (κ1) is 12.5. The first-order valence-electron chi connectivity index (χ1n) is 5.85. The largest absolute Gasteiger partial charge is 0.477 e. The Bertz CT molecular complexity index is 399. The molecule has 2 heterocycles. The highest BCUT2D eigenvalue weighted by Crippen LogP contribution is 2.20. The molecular formula is C11H17N3O2S. The van der Waals surface area contributed by atoms with Crippen LogP contribution >= 0.6 is 11.3 Å². The Labute approximate surface area is 104 Å². The molecule has 0 atom stereocenters. The van der Waals surface area contributed by atoms with Gasteiger partial charge in [-0.15, -0.1) is 11.3 Å². The Morgan fingerprint density at radius 3 is 2.76 bits per heavy atom. The predicted molar refractivity (Wildman–Crippen MR) is 66.6 cm³/mol. The van der Waals surface area contributed by atoms with Crippen molar-refractivity contribution in [2.45, 2.75) is 19.9 Å². The average molecular weight is 255 g/mol. The summed E-state index contributed by atoms with van der Waals surface area (Å²) in [4.78, 5) is 18.2. The van der Waals surface area contributed by atoms with Gasteiger partial charge in [-0.05, 0) is 6.42 Å². The van der Waals surface area contributed by atoms with Crippen LogP contribution in [0, 0.1) is 0 Å². The fraction of sp³-hybridized carbons (Fsp3) is 0.636. The monoisotopic (exact) mass is 255 g/mol. The third kappa shape index (κ3) is 3.02. The number of piperazine rings is 1. The van der Waals surface area contributed by atoms with Crippen molar-refractivity contribution in [1.82, 2.24) is 15.2 Å². The van der Waals surface area contributed by atoms with Crippen LogP contribution in [0.4, 0.5) is 0 Å². The van der Waals surface area contributed by atoms with Gasteiger partial charge in [0.2, 0.25) is 0 Å². The van der Waals surface area contributed by atoms with Crippen LogP contribution in [-0.2, 0) is 13.0 Å². The molecule has 1 fully saturated rings. The van der Waals surface area contributed by atoms with Crippen molar-refractivity contribution in [3.63, 3.8) is 0 Å². The van der Waals surface area contributed by atoms with Gasteiger partial charge in [0, 0.05) is 26.2 Å². The molecule has 0 spiro atoms. The van der Waals surface area contributed by atoms with Gasteiger partial charge in [-0.3, -0.25) is 4.90 Å². The van der Waals surface area contributed by atoms with Crippen LogP contribution in [0.15, 0.2) is 0 Å². The number of hydrogen-bond donors (Lipinski definition) is 2. The maximum atomic E-state index is 11.0. The third-order valence-electron chi connectivity index (χ3n) is 2.84. The average Bonchev–Trinajstić information content (AvgIpc) is 2.73.